The van der Waals surface area contributed by atoms with Crippen LogP contribution in [0.15, 0.2) is 24.3 Å². The van der Waals surface area contributed by atoms with Crippen LogP contribution < -0.4 is 0 Å². The van der Waals surface area contributed by atoms with Crippen LogP contribution in [0.2, 0.25) is 0 Å². The summed E-state index contributed by atoms with van der Waals surface area (Å²) in [7, 11) is 1.27. The van der Waals surface area contributed by atoms with Gasteiger partial charge in [0.25, 0.3) is 5.91 Å². The van der Waals surface area contributed by atoms with Crippen LogP contribution in [-0.4, -0.2) is 24.5 Å². The van der Waals surface area contributed by atoms with Gasteiger partial charge in [0, 0.05) is 5.56 Å². The largest absolute Gasteiger partial charge is 0.284 e. The highest BCUT2D eigenvalue weighted by molar-refractivity contribution is 5.99. The first-order valence-electron chi connectivity index (χ1n) is 4.09. The Bertz CT molecular complexity index is 349. The molecule has 4 nitrogen and oxygen atoms in total. The molecule has 1 aromatic carbocycles. The van der Waals surface area contributed by atoms with Gasteiger partial charge >= 0.3 is 0 Å². The molecule has 0 heterocycles. The van der Waals surface area contributed by atoms with Gasteiger partial charge in [0.15, 0.2) is 0 Å². The van der Waals surface area contributed by atoms with Crippen molar-refractivity contribution in [3.63, 3.8) is 0 Å². The minimum Gasteiger partial charge on any atom is -0.276 e. The number of hydroxylamine groups is 2. The Hall–Kier alpha value is -1.68. The molecule has 0 aromatic heterocycles. The molecule has 0 fully saturated rings. The van der Waals surface area contributed by atoms with Crippen molar-refractivity contribution in [3.8, 4) is 0 Å². The number of nitrogens with zero attached hydrogens (tertiary/aromatic N) is 1. The summed E-state index contributed by atoms with van der Waals surface area (Å²) in [4.78, 5) is 26.6. The van der Waals surface area contributed by atoms with Crippen molar-refractivity contribution in [2.24, 2.45) is 0 Å². The first-order chi connectivity index (χ1) is 6.70. The number of carbonyl (C=O) groups excluding carboxylic acids is 2. The van der Waals surface area contributed by atoms with Gasteiger partial charge in [-0.1, -0.05) is 18.2 Å². The van der Waals surface area contributed by atoms with Crippen molar-refractivity contribution in [1.29, 1.82) is 0 Å². The van der Waals surface area contributed by atoms with Gasteiger partial charge in [-0.15, -0.1) is 0 Å². The van der Waals surface area contributed by atoms with Crippen LogP contribution in [-0.2, 0) is 9.63 Å². The average molecular weight is 193 g/mol. The van der Waals surface area contributed by atoms with E-state index in [0.717, 1.165) is 5.56 Å². The zero-order valence-electron chi connectivity index (χ0n) is 8.06. The molecule has 0 aliphatic rings. The Labute approximate surface area is 82.0 Å². The Balaban J connectivity index is 3.00. The predicted octanol–water partition coefficient (Wildman–Crippen LogP) is 1.16. The summed E-state index contributed by atoms with van der Waals surface area (Å²) < 4.78 is 0. The predicted molar refractivity (Wildman–Crippen MR) is 50.4 cm³/mol. The van der Waals surface area contributed by atoms with Gasteiger partial charge in [0.05, 0.1) is 7.11 Å². The van der Waals surface area contributed by atoms with E-state index >= 15 is 0 Å². The van der Waals surface area contributed by atoms with Gasteiger partial charge in [0.2, 0.25) is 6.41 Å². The maximum absolute atomic E-state index is 11.6. The number of hydrogen-bond donors (Lipinski definition) is 0. The van der Waals surface area contributed by atoms with E-state index in [2.05, 4.69) is 4.84 Å². The van der Waals surface area contributed by atoms with Gasteiger partial charge in [-0.25, -0.2) is 0 Å². The highest BCUT2D eigenvalue weighted by Crippen LogP contribution is 2.09. The molecule has 4 heteroatoms. The number of carbonyl (C=O) groups is 2. The number of hydrogen-bond acceptors (Lipinski definition) is 3. The Morgan fingerprint density at radius 1 is 1.43 bits per heavy atom. The third-order valence-corrected chi connectivity index (χ3v) is 1.87. The third-order valence-electron chi connectivity index (χ3n) is 1.87. The minimum atomic E-state index is -0.458. The molecule has 0 N–H and O–H groups in total. The third kappa shape index (κ3) is 1.97. The molecule has 1 rings (SSSR count). The summed E-state index contributed by atoms with van der Waals surface area (Å²) in [5.74, 6) is -0.458. The summed E-state index contributed by atoms with van der Waals surface area (Å²) >= 11 is 0. The van der Waals surface area contributed by atoms with E-state index in [1.165, 1.54) is 7.11 Å². The lowest BCUT2D eigenvalue weighted by Crippen LogP contribution is -2.28. The van der Waals surface area contributed by atoms with Crippen LogP contribution in [0.1, 0.15) is 15.9 Å². The quantitative estimate of drug-likeness (QED) is 0.534. The lowest BCUT2D eigenvalue weighted by molar-refractivity contribution is -0.146. The summed E-state index contributed by atoms with van der Waals surface area (Å²) in [6.45, 7) is 1.80. The van der Waals surface area contributed by atoms with E-state index in [1.807, 2.05) is 6.07 Å². The topological polar surface area (TPSA) is 46.6 Å². The standard InChI is InChI=1S/C10H11NO3/c1-8-5-3-4-6-9(8)10(13)11(7-12)14-2/h3-7H,1-2H3. The molecule has 0 spiro atoms. The Morgan fingerprint density at radius 2 is 2.07 bits per heavy atom. The fraction of sp³-hybridized carbons (Fsp3) is 0.200. The molecule has 0 saturated heterocycles. The van der Waals surface area contributed by atoms with Gasteiger partial charge in [-0.05, 0) is 18.6 Å². The summed E-state index contributed by atoms with van der Waals surface area (Å²) in [5.41, 5.74) is 1.27. The molecule has 0 unspecified atom stereocenters. The van der Waals surface area contributed by atoms with E-state index in [1.54, 1.807) is 25.1 Å². The average Bonchev–Trinajstić information content (AvgIpc) is 2.20. The normalized spacial score (nSPS) is 9.57. The number of amides is 2. The molecule has 14 heavy (non-hydrogen) atoms. The molecule has 0 aliphatic heterocycles. The second-order valence-corrected chi connectivity index (χ2v) is 2.73. The zero-order chi connectivity index (χ0) is 10.6. The minimum absolute atomic E-state index is 0.342. The van der Waals surface area contributed by atoms with Crippen molar-refractivity contribution in [2.45, 2.75) is 6.92 Å². The lowest BCUT2D eigenvalue weighted by atomic mass is 10.1. The van der Waals surface area contributed by atoms with E-state index in [0.29, 0.717) is 17.0 Å². The maximum atomic E-state index is 11.6. The van der Waals surface area contributed by atoms with Crippen LogP contribution in [0.3, 0.4) is 0 Å². The van der Waals surface area contributed by atoms with E-state index in [4.69, 9.17) is 0 Å². The van der Waals surface area contributed by atoms with Gasteiger partial charge in [0.1, 0.15) is 0 Å². The van der Waals surface area contributed by atoms with E-state index in [9.17, 15) is 9.59 Å². The Kier molecular flexibility index (Phi) is 3.36. The number of imide groups is 1. The van der Waals surface area contributed by atoms with Crippen molar-refractivity contribution in [1.82, 2.24) is 5.06 Å². The maximum Gasteiger partial charge on any atom is 0.284 e. The van der Waals surface area contributed by atoms with Crippen molar-refractivity contribution >= 4 is 12.3 Å². The number of benzene rings is 1. The summed E-state index contributed by atoms with van der Waals surface area (Å²) in [5, 5.41) is 0.655. The molecule has 2 amide bonds. The van der Waals surface area contributed by atoms with Crippen LogP contribution >= 0.6 is 0 Å². The fourth-order valence-corrected chi connectivity index (χ4v) is 1.11. The summed E-state index contributed by atoms with van der Waals surface area (Å²) in [6.07, 6.45) is 0.342. The second-order valence-electron chi connectivity index (χ2n) is 2.73. The Morgan fingerprint density at radius 3 is 2.57 bits per heavy atom. The number of rotatable bonds is 3. The monoisotopic (exact) mass is 193 g/mol. The molecule has 0 radical (unpaired) electrons. The molecule has 0 saturated carbocycles. The molecule has 0 aliphatic carbocycles. The highest BCUT2D eigenvalue weighted by Gasteiger charge is 2.15. The molecule has 74 valence electrons. The van der Waals surface area contributed by atoms with Crippen molar-refractivity contribution in [2.75, 3.05) is 7.11 Å². The van der Waals surface area contributed by atoms with E-state index in [-0.39, 0.29) is 0 Å². The van der Waals surface area contributed by atoms with Crippen molar-refractivity contribution < 1.29 is 14.4 Å². The van der Waals surface area contributed by atoms with Crippen LogP contribution in [0, 0.1) is 6.92 Å². The SMILES string of the molecule is CON(C=O)C(=O)c1ccccc1C. The smallest absolute Gasteiger partial charge is 0.276 e. The summed E-state index contributed by atoms with van der Waals surface area (Å²) in [6, 6.07) is 7.00. The van der Waals surface area contributed by atoms with Gasteiger partial charge in [-0.2, -0.15) is 5.06 Å². The second kappa shape index (κ2) is 4.53. The van der Waals surface area contributed by atoms with E-state index < -0.39 is 5.91 Å². The lowest BCUT2D eigenvalue weighted by Gasteiger charge is -2.12. The van der Waals surface area contributed by atoms with Crippen LogP contribution in [0.25, 0.3) is 0 Å². The molecule has 1 aromatic rings. The van der Waals surface area contributed by atoms with Crippen molar-refractivity contribution in [3.05, 3.63) is 35.4 Å². The first kappa shape index (κ1) is 10.4. The molecule has 0 bridgehead atoms. The van der Waals surface area contributed by atoms with Crippen LogP contribution in [0.5, 0.6) is 0 Å². The molecule has 0 atom stereocenters. The zero-order valence-corrected chi connectivity index (χ0v) is 8.06. The number of aryl methyl sites for hydroxylation is 1. The van der Waals surface area contributed by atoms with Gasteiger partial charge in [-0.3, -0.25) is 14.4 Å². The highest BCUT2D eigenvalue weighted by atomic mass is 16.7. The van der Waals surface area contributed by atoms with Crippen LogP contribution in [0.4, 0.5) is 0 Å². The van der Waals surface area contributed by atoms with Gasteiger partial charge < -0.3 is 0 Å². The first-order valence-corrected chi connectivity index (χ1v) is 4.09. The fourth-order valence-electron chi connectivity index (χ4n) is 1.11. The molecular weight excluding hydrogens is 182 g/mol. The molecular formula is C10H11NO3.